The van der Waals surface area contributed by atoms with Gasteiger partial charge >= 0.3 is 0 Å². The van der Waals surface area contributed by atoms with E-state index in [-0.39, 0.29) is 11.9 Å². The van der Waals surface area contributed by atoms with Crippen LogP contribution in [0.1, 0.15) is 23.2 Å². The average Bonchev–Trinajstić information content (AvgIpc) is 2.70. The van der Waals surface area contributed by atoms with Gasteiger partial charge in [0.05, 0.1) is 11.6 Å². The monoisotopic (exact) mass is 237 g/mol. The summed E-state index contributed by atoms with van der Waals surface area (Å²) >= 11 is 5.91. The van der Waals surface area contributed by atoms with Crippen molar-refractivity contribution in [3.63, 3.8) is 0 Å². The number of carbonyl (C=O) groups excluding carboxylic acids is 1. The fraction of sp³-hybridized carbons (Fsp3) is 0.417. The van der Waals surface area contributed by atoms with E-state index in [1.54, 1.807) is 18.2 Å². The maximum atomic E-state index is 12.3. The molecule has 0 saturated carbocycles. The number of hydrogen-bond donors (Lipinski definition) is 0. The predicted molar refractivity (Wildman–Crippen MR) is 61.0 cm³/mol. The first-order valence-corrected chi connectivity index (χ1v) is 5.87. The van der Waals surface area contributed by atoms with Crippen LogP contribution in [0.5, 0.6) is 5.75 Å². The van der Waals surface area contributed by atoms with Gasteiger partial charge in [-0.3, -0.25) is 4.79 Å². The van der Waals surface area contributed by atoms with E-state index in [1.165, 1.54) is 0 Å². The van der Waals surface area contributed by atoms with Crippen molar-refractivity contribution < 1.29 is 9.53 Å². The summed E-state index contributed by atoms with van der Waals surface area (Å²) in [6.45, 7) is 1.43. The van der Waals surface area contributed by atoms with Crippen molar-refractivity contribution in [3.8, 4) is 5.75 Å². The van der Waals surface area contributed by atoms with Crippen LogP contribution in [-0.2, 0) is 0 Å². The Labute approximate surface area is 98.9 Å². The van der Waals surface area contributed by atoms with Gasteiger partial charge < -0.3 is 9.64 Å². The molecule has 0 unspecified atom stereocenters. The maximum absolute atomic E-state index is 12.3. The molecule has 0 bridgehead atoms. The van der Waals surface area contributed by atoms with Crippen molar-refractivity contribution in [1.82, 2.24) is 4.90 Å². The summed E-state index contributed by atoms with van der Waals surface area (Å²) in [4.78, 5) is 14.2. The van der Waals surface area contributed by atoms with Crippen LogP contribution in [0.15, 0.2) is 18.2 Å². The summed E-state index contributed by atoms with van der Waals surface area (Å²) in [6, 6.07) is 5.46. The smallest absolute Gasteiger partial charge is 0.258 e. The summed E-state index contributed by atoms with van der Waals surface area (Å²) in [6.07, 6.45) is 2.10. The van der Waals surface area contributed by atoms with Crippen molar-refractivity contribution in [2.24, 2.45) is 0 Å². The molecular weight excluding hydrogens is 226 g/mol. The third-order valence-corrected chi connectivity index (χ3v) is 3.48. The van der Waals surface area contributed by atoms with Crippen LogP contribution in [0, 0.1) is 0 Å². The fourth-order valence-electron chi connectivity index (χ4n) is 2.41. The molecule has 1 atom stereocenters. The zero-order chi connectivity index (χ0) is 11.1. The third-order valence-electron chi connectivity index (χ3n) is 3.24. The van der Waals surface area contributed by atoms with Crippen LogP contribution in [0.25, 0.3) is 0 Å². The Balaban J connectivity index is 2.06. The van der Waals surface area contributed by atoms with Gasteiger partial charge in [0, 0.05) is 11.6 Å². The highest BCUT2D eigenvalue weighted by Gasteiger charge is 2.34. The summed E-state index contributed by atoms with van der Waals surface area (Å²) in [5.74, 6) is 0.710. The molecule has 2 heterocycles. The molecular formula is C12H12ClNO2. The SMILES string of the molecule is O=C1c2cc(Cl)ccc2OC[C@@H]2CCCN12. The molecule has 2 aliphatic heterocycles. The molecule has 0 aliphatic carbocycles. The highest BCUT2D eigenvalue weighted by atomic mass is 35.5. The van der Waals surface area contributed by atoms with E-state index < -0.39 is 0 Å². The van der Waals surface area contributed by atoms with Crippen molar-refractivity contribution in [2.75, 3.05) is 13.2 Å². The summed E-state index contributed by atoms with van der Waals surface area (Å²) in [5, 5.41) is 0.577. The first kappa shape index (κ1) is 9.97. The Hall–Kier alpha value is -1.22. The standard InChI is InChI=1S/C12H12ClNO2/c13-8-3-4-11-10(6-8)12(15)14-5-1-2-9(14)7-16-11/h3-4,6,9H,1-2,5,7H2/t9-/m0/s1. The number of hydrogen-bond acceptors (Lipinski definition) is 2. The zero-order valence-electron chi connectivity index (χ0n) is 8.78. The van der Waals surface area contributed by atoms with E-state index in [9.17, 15) is 4.79 Å². The number of benzene rings is 1. The van der Waals surface area contributed by atoms with Gasteiger partial charge in [0.2, 0.25) is 0 Å². The average molecular weight is 238 g/mol. The van der Waals surface area contributed by atoms with Gasteiger partial charge in [0.1, 0.15) is 12.4 Å². The molecule has 1 amide bonds. The van der Waals surface area contributed by atoms with Crippen LogP contribution in [0.3, 0.4) is 0 Å². The number of nitrogens with zero attached hydrogens (tertiary/aromatic N) is 1. The van der Waals surface area contributed by atoms with Gasteiger partial charge in [-0.05, 0) is 31.0 Å². The summed E-state index contributed by atoms with van der Waals surface area (Å²) in [5.41, 5.74) is 0.594. The third kappa shape index (κ3) is 1.47. The van der Waals surface area contributed by atoms with Crippen LogP contribution in [0.2, 0.25) is 5.02 Å². The molecule has 1 aromatic carbocycles. The number of ether oxygens (including phenoxy) is 1. The molecule has 0 aromatic heterocycles. The molecule has 3 rings (SSSR count). The van der Waals surface area contributed by atoms with Crippen molar-refractivity contribution in [1.29, 1.82) is 0 Å². The van der Waals surface area contributed by atoms with Crippen LogP contribution in [-0.4, -0.2) is 30.0 Å². The normalized spacial score (nSPS) is 23.4. The van der Waals surface area contributed by atoms with Crippen LogP contribution >= 0.6 is 11.6 Å². The van der Waals surface area contributed by atoms with Crippen molar-refractivity contribution in [2.45, 2.75) is 18.9 Å². The number of carbonyl (C=O) groups is 1. The molecule has 4 heteroatoms. The van der Waals surface area contributed by atoms with Gasteiger partial charge in [0.25, 0.3) is 5.91 Å². The van der Waals surface area contributed by atoms with E-state index in [0.29, 0.717) is 22.9 Å². The maximum Gasteiger partial charge on any atom is 0.258 e. The first-order chi connectivity index (χ1) is 7.75. The Morgan fingerprint density at radius 2 is 2.31 bits per heavy atom. The molecule has 0 radical (unpaired) electrons. The van der Waals surface area contributed by atoms with E-state index in [0.717, 1.165) is 19.4 Å². The van der Waals surface area contributed by atoms with E-state index in [4.69, 9.17) is 16.3 Å². The molecule has 0 spiro atoms. The minimum Gasteiger partial charge on any atom is -0.491 e. The van der Waals surface area contributed by atoms with Crippen molar-refractivity contribution in [3.05, 3.63) is 28.8 Å². The lowest BCUT2D eigenvalue weighted by Crippen LogP contribution is -2.36. The van der Waals surface area contributed by atoms with E-state index in [1.807, 2.05) is 4.90 Å². The second kappa shape index (κ2) is 3.67. The lowest BCUT2D eigenvalue weighted by atomic mass is 10.1. The molecule has 0 N–H and O–H groups in total. The second-order valence-electron chi connectivity index (χ2n) is 4.25. The molecule has 2 aliphatic rings. The quantitative estimate of drug-likeness (QED) is 0.693. The minimum atomic E-state index is 0.0532. The Kier molecular flexibility index (Phi) is 2.28. The molecule has 16 heavy (non-hydrogen) atoms. The van der Waals surface area contributed by atoms with Gasteiger partial charge in [-0.2, -0.15) is 0 Å². The first-order valence-electron chi connectivity index (χ1n) is 5.49. The highest BCUT2D eigenvalue weighted by Crippen LogP contribution is 2.31. The fourth-order valence-corrected chi connectivity index (χ4v) is 2.58. The van der Waals surface area contributed by atoms with Gasteiger partial charge in [-0.25, -0.2) is 0 Å². The molecule has 3 nitrogen and oxygen atoms in total. The number of amides is 1. The highest BCUT2D eigenvalue weighted by molar-refractivity contribution is 6.31. The van der Waals surface area contributed by atoms with Gasteiger partial charge in [0.15, 0.2) is 0 Å². The number of fused-ring (bicyclic) bond motifs is 2. The molecule has 84 valence electrons. The van der Waals surface area contributed by atoms with E-state index in [2.05, 4.69) is 0 Å². The van der Waals surface area contributed by atoms with Gasteiger partial charge in [-0.15, -0.1) is 0 Å². The largest absolute Gasteiger partial charge is 0.491 e. The van der Waals surface area contributed by atoms with Crippen LogP contribution < -0.4 is 4.74 Å². The molecule has 1 fully saturated rings. The Morgan fingerprint density at radius 1 is 1.44 bits per heavy atom. The van der Waals surface area contributed by atoms with Crippen LogP contribution in [0.4, 0.5) is 0 Å². The Morgan fingerprint density at radius 3 is 3.19 bits per heavy atom. The molecule has 1 saturated heterocycles. The van der Waals surface area contributed by atoms with E-state index >= 15 is 0 Å². The molecule has 1 aromatic rings. The number of halogens is 1. The van der Waals surface area contributed by atoms with Crippen molar-refractivity contribution >= 4 is 17.5 Å². The lowest BCUT2D eigenvalue weighted by molar-refractivity contribution is 0.0726. The number of rotatable bonds is 0. The second-order valence-corrected chi connectivity index (χ2v) is 4.68. The summed E-state index contributed by atoms with van der Waals surface area (Å²) in [7, 11) is 0. The Bertz CT molecular complexity index is 447. The van der Waals surface area contributed by atoms with Gasteiger partial charge in [-0.1, -0.05) is 11.6 Å². The zero-order valence-corrected chi connectivity index (χ0v) is 9.54. The summed E-state index contributed by atoms with van der Waals surface area (Å²) < 4.78 is 5.67. The topological polar surface area (TPSA) is 29.5 Å². The lowest BCUT2D eigenvalue weighted by Gasteiger charge is -2.20. The predicted octanol–water partition coefficient (Wildman–Crippen LogP) is 2.34. The minimum absolute atomic E-state index is 0.0532.